The minimum atomic E-state index is -5.08. The number of ether oxygens (including phenoxy) is 2. The number of rotatable bonds is 54. The summed E-state index contributed by atoms with van der Waals surface area (Å²) in [6, 6.07) is -0.852. The molecular weight excluding hydrogens is 919 g/mol. The van der Waals surface area contributed by atoms with Crippen LogP contribution in [0.1, 0.15) is 309 Å². The van der Waals surface area contributed by atoms with E-state index >= 15 is 0 Å². The van der Waals surface area contributed by atoms with Gasteiger partial charge in [0.25, 0.3) is 0 Å². The van der Waals surface area contributed by atoms with E-state index in [1.54, 1.807) is 0 Å². The Morgan fingerprint density at radius 2 is 0.817 bits per heavy atom. The van der Waals surface area contributed by atoms with Crippen LogP contribution in [0.5, 0.6) is 0 Å². The number of nitrogens with one attached hydrogen (secondary N) is 1. The van der Waals surface area contributed by atoms with Crippen molar-refractivity contribution in [1.82, 2.24) is 5.32 Å². The van der Waals surface area contributed by atoms with Gasteiger partial charge in [-0.05, 0) is 12.8 Å². The van der Waals surface area contributed by atoms with Crippen molar-refractivity contribution in [2.45, 2.75) is 352 Å². The fourth-order valence-electron chi connectivity index (χ4n) is 10.2. The zero-order valence-corrected chi connectivity index (χ0v) is 46.9. The molecule has 0 radical (unpaired) electrons. The summed E-state index contributed by atoms with van der Waals surface area (Å²) < 4.78 is 47.9. The van der Waals surface area contributed by atoms with E-state index in [4.69, 9.17) is 9.47 Å². The van der Waals surface area contributed by atoms with Gasteiger partial charge in [-0.1, -0.05) is 290 Å². The summed E-state index contributed by atoms with van der Waals surface area (Å²) in [6.45, 7) is 3.49. The maximum absolute atomic E-state index is 13.1. The monoisotopic (exact) mass is 1030 g/mol. The normalized spacial score (nSPS) is 19.3. The molecular formula is C58H115NO11S. The number of carbonyl (C=O) groups is 1. The fourth-order valence-corrected chi connectivity index (χ4v) is 10.7. The van der Waals surface area contributed by atoms with Crippen molar-refractivity contribution in [2.24, 2.45) is 0 Å². The Bertz CT molecular complexity index is 1260. The molecule has 0 spiro atoms. The number of aliphatic hydroxyl groups is 4. The summed E-state index contributed by atoms with van der Waals surface area (Å²) in [4.78, 5) is 13.1. The van der Waals surface area contributed by atoms with Gasteiger partial charge < -0.3 is 35.2 Å². The van der Waals surface area contributed by atoms with Crippen molar-refractivity contribution < 1.29 is 51.8 Å². The molecule has 6 N–H and O–H groups in total. The number of unbranched alkanes of at least 4 members (excludes halogenated alkanes) is 42. The molecule has 1 aliphatic heterocycles. The van der Waals surface area contributed by atoms with Gasteiger partial charge in [0, 0.05) is 6.42 Å². The van der Waals surface area contributed by atoms with Crippen LogP contribution in [0.4, 0.5) is 0 Å². The van der Waals surface area contributed by atoms with Crippen molar-refractivity contribution in [3.63, 3.8) is 0 Å². The van der Waals surface area contributed by atoms with Crippen LogP contribution in [0, 0.1) is 0 Å². The second-order valence-corrected chi connectivity index (χ2v) is 22.7. The van der Waals surface area contributed by atoms with Gasteiger partial charge in [-0.2, -0.15) is 8.42 Å². The molecule has 1 heterocycles. The smallest absolute Gasteiger partial charge is 0.394 e. The maximum atomic E-state index is 13.1. The van der Waals surface area contributed by atoms with Crippen molar-refractivity contribution in [2.75, 3.05) is 13.2 Å². The number of aliphatic hydroxyl groups excluding tert-OH is 4. The van der Waals surface area contributed by atoms with Gasteiger partial charge in [-0.15, -0.1) is 0 Å². The SMILES string of the molecule is CCCCCCCCCCCCCCCCCCCCCCCCCCCCCCCCCC(=O)NC(COC1OC(CO)C(O)C(OS(=O)(=O)O)C1O)C(O)CCCCCCCCCCCCCCC. The van der Waals surface area contributed by atoms with E-state index in [0.717, 1.165) is 51.4 Å². The molecule has 0 aromatic heterocycles. The molecule has 0 aliphatic carbocycles. The van der Waals surface area contributed by atoms with Crippen LogP contribution >= 0.6 is 0 Å². The molecule has 7 atom stereocenters. The lowest BCUT2D eigenvalue weighted by atomic mass is 9.99. The first-order valence-electron chi connectivity index (χ1n) is 30.4. The van der Waals surface area contributed by atoms with Crippen molar-refractivity contribution >= 4 is 16.3 Å². The van der Waals surface area contributed by atoms with Gasteiger partial charge in [0.2, 0.25) is 5.91 Å². The zero-order chi connectivity index (χ0) is 51.9. The van der Waals surface area contributed by atoms with Crippen LogP contribution in [0.3, 0.4) is 0 Å². The summed E-state index contributed by atoms with van der Waals surface area (Å²) in [5.41, 5.74) is 0. The molecule has 1 saturated heterocycles. The Labute approximate surface area is 437 Å². The molecule has 0 aromatic rings. The van der Waals surface area contributed by atoms with E-state index in [2.05, 4.69) is 23.3 Å². The highest BCUT2D eigenvalue weighted by atomic mass is 32.3. The van der Waals surface area contributed by atoms with Gasteiger partial charge in [-0.25, -0.2) is 4.18 Å². The average Bonchev–Trinajstić information content (AvgIpc) is 3.34. The predicted octanol–water partition coefficient (Wildman–Crippen LogP) is 14.5. The highest BCUT2D eigenvalue weighted by Gasteiger charge is 2.48. The molecule has 71 heavy (non-hydrogen) atoms. The number of hydrogen-bond acceptors (Lipinski definition) is 10. The fraction of sp³-hybridized carbons (Fsp3) is 0.983. The third-order valence-corrected chi connectivity index (χ3v) is 15.4. The third kappa shape index (κ3) is 41.0. The first-order valence-corrected chi connectivity index (χ1v) is 31.8. The Morgan fingerprint density at radius 3 is 1.13 bits per heavy atom. The van der Waals surface area contributed by atoms with E-state index in [9.17, 15) is 38.2 Å². The quantitative estimate of drug-likeness (QED) is 0.0251. The van der Waals surface area contributed by atoms with Crippen LogP contribution in [0.25, 0.3) is 0 Å². The number of amides is 1. The van der Waals surface area contributed by atoms with Gasteiger partial charge in [0.05, 0.1) is 25.4 Å². The van der Waals surface area contributed by atoms with E-state index in [1.807, 2.05) is 0 Å². The highest BCUT2D eigenvalue weighted by molar-refractivity contribution is 7.80. The highest BCUT2D eigenvalue weighted by Crippen LogP contribution is 2.26. The van der Waals surface area contributed by atoms with Gasteiger partial charge in [0.1, 0.15) is 24.4 Å². The first-order chi connectivity index (χ1) is 34.5. The minimum absolute atomic E-state index is 0.222. The maximum Gasteiger partial charge on any atom is 0.397 e. The average molecular weight is 1030 g/mol. The lowest BCUT2D eigenvalue weighted by Gasteiger charge is -2.41. The standard InChI is InChI=1S/C58H115NO11S/c1-3-5-7-9-11-13-15-17-18-19-20-21-22-23-24-25-26-27-28-29-30-31-32-33-34-36-38-40-42-44-46-48-54(62)59-51(52(61)47-45-43-41-39-37-35-16-14-12-10-8-6-4-2)50-68-58-56(64)57(70-71(65,66)67)55(63)53(49-60)69-58/h51-53,55-58,60-61,63-64H,3-50H2,1-2H3,(H,59,62)(H,65,66,67). The van der Waals surface area contributed by atoms with Crippen molar-refractivity contribution in [3.05, 3.63) is 0 Å². The van der Waals surface area contributed by atoms with E-state index in [0.29, 0.717) is 12.8 Å². The summed E-state index contributed by atoms with van der Waals surface area (Å²) >= 11 is 0. The lowest BCUT2D eigenvalue weighted by Crippen LogP contribution is -2.61. The summed E-state index contributed by atoms with van der Waals surface area (Å²) in [7, 11) is -5.08. The van der Waals surface area contributed by atoms with Crippen LogP contribution in [0.2, 0.25) is 0 Å². The summed E-state index contributed by atoms with van der Waals surface area (Å²) in [5.74, 6) is -0.222. The largest absolute Gasteiger partial charge is 0.397 e. The molecule has 424 valence electrons. The topological polar surface area (TPSA) is 192 Å². The summed E-state index contributed by atoms with van der Waals surface area (Å²) in [6.07, 6.45) is 48.5. The molecule has 0 bridgehead atoms. The van der Waals surface area contributed by atoms with E-state index in [1.165, 1.54) is 231 Å². The molecule has 0 saturated carbocycles. The van der Waals surface area contributed by atoms with Crippen LogP contribution in [0.15, 0.2) is 0 Å². The molecule has 1 rings (SSSR count). The van der Waals surface area contributed by atoms with Crippen LogP contribution in [-0.2, 0) is 28.9 Å². The Hall–Kier alpha value is -0.900. The molecule has 12 nitrogen and oxygen atoms in total. The molecule has 1 fully saturated rings. The Kier molecular flexibility index (Phi) is 46.7. The van der Waals surface area contributed by atoms with Crippen LogP contribution in [-0.4, -0.2) is 95.4 Å². The minimum Gasteiger partial charge on any atom is -0.394 e. The van der Waals surface area contributed by atoms with Gasteiger partial charge >= 0.3 is 10.4 Å². The predicted molar refractivity (Wildman–Crippen MR) is 292 cm³/mol. The van der Waals surface area contributed by atoms with Crippen molar-refractivity contribution in [3.8, 4) is 0 Å². The second kappa shape index (κ2) is 48.7. The second-order valence-electron chi connectivity index (χ2n) is 21.7. The first kappa shape index (κ1) is 68.1. The van der Waals surface area contributed by atoms with Gasteiger partial charge in [-0.3, -0.25) is 9.35 Å². The number of hydrogen-bond donors (Lipinski definition) is 6. The molecule has 0 aromatic carbocycles. The Balaban J connectivity index is 2.20. The molecule has 13 heteroatoms. The lowest BCUT2D eigenvalue weighted by molar-refractivity contribution is -0.298. The zero-order valence-electron chi connectivity index (χ0n) is 46.1. The molecule has 1 aliphatic rings. The van der Waals surface area contributed by atoms with Gasteiger partial charge in [0.15, 0.2) is 6.29 Å². The van der Waals surface area contributed by atoms with E-state index in [-0.39, 0.29) is 12.5 Å². The Morgan fingerprint density at radius 1 is 0.507 bits per heavy atom. The third-order valence-electron chi connectivity index (χ3n) is 14.9. The van der Waals surface area contributed by atoms with E-state index < -0.39 is 59.9 Å². The molecule has 7 unspecified atom stereocenters. The van der Waals surface area contributed by atoms with Crippen molar-refractivity contribution in [1.29, 1.82) is 0 Å². The number of carbonyl (C=O) groups excluding carboxylic acids is 1. The summed E-state index contributed by atoms with van der Waals surface area (Å²) in [5, 5.41) is 45.1. The molecule has 1 amide bonds. The van der Waals surface area contributed by atoms with Crippen LogP contribution < -0.4 is 5.32 Å².